The molecule has 4 amide bonds. The molecular formula is C21H20Br3N3O6. The smallest absolute Gasteiger partial charge is 0.329 e. The van der Waals surface area contributed by atoms with Gasteiger partial charge in [-0.2, -0.15) is 0 Å². The highest BCUT2D eigenvalue weighted by molar-refractivity contribution is 9.12. The van der Waals surface area contributed by atoms with Crippen LogP contribution in [0.2, 0.25) is 0 Å². The topological polar surface area (TPSA) is 122 Å². The molecule has 2 N–H and O–H groups in total. The van der Waals surface area contributed by atoms with Crippen LogP contribution in [0, 0.1) is 23.7 Å². The Hall–Kier alpha value is -1.79. The number of esters is 1. The van der Waals surface area contributed by atoms with E-state index >= 15 is 0 Å². The first-order chi connectivity index (χ1) is 15.6. The van der Waals surface area contributed by atoms with Gasteiger partial charge in [-0.3, -0.25) is 34.9 Å². The van der Waals surface area contributed by atoms with Gasteiger partial charge in [0.15, 0.2) is 6.61 Å². The predicted molar refractivity (Wildman–Crippen MR) is 126 cm³/mol. The summed E-state index contributed by atoms with van der Waals surface area (Å²) in [5, 5.41) is 0. The SMILES string of the molecule is C[C@H](C(=O)OCC(=O)NNC(=O)c1ccc(Br)cc1)N1C(=O)[C@@H]2[C@H]3C[C@@H]([C@H](Br)[C@H]3Br)[C@H]2C1=O. The molecule has 4 rings (SSSR count). The number of carbonyl (C=O) groups excluding carboxylic acids is 5. The van der Waals surface area contributed by atoms with Crippen LogP contribution in [-0.2, 0) is 23.9 Å². The highest BCUT2D eigenvalue weighted by atomic mass is 79.9. The number of halogens is 3. The standard InChI is InChI=1S/C21H20Br3N3O6/c1-8(27-19(30)14-11-6-12(15(14)20(27)31)17(24)16(11)23)21(32)33-7-13(28)25-26-18(29)9-2-4-10(22)5-3-9/h2-5,8,11-12,14-17H,6-7H2,1H3,(H,25,28)(H,26,29)/t8-,11-,12-,14-,15-,16+,17+/m1/s1. The molecule has 2 saturated carbocycles. The Balaban J connectivity index is 1.29. The van der Waals surface area contributed by atoms with Gasteiger partial charge < -0.3 is 4.74 Å². The number of likely N-dealkylation sites (tertiary alicyclic amines) is 1. The number of ether oxygens (including phenoxy) is 1. The van der Waals surface area contributed by atoms with Gasteiger partial charge in [-0.05, 0) is 49.4 Å². The minimum atomic E-state index is -1.15. The van der Waals surface area contributed by atoms with Crippen molar-refractivity contribution in [2.75, 3.05) is 6.61 Å². The van der Waals surface area contributed by atoms with E-state index in [9.17, 15) is 24.0 Å². The highest BCUT2D eigenvalue weighted by Crippen LogP contribution is 2.60. The molecule has 176 valence electrons. The third-order valence-corrected chi connectivity index (χ3v) is 10.3. The van der Waals surface area contributed by atoms with Crippen molar-refractivity contribution in [3.05, 3.63) is 34.3 Å². The maximum atomic E-state index is 13.0. The quantitative estimate of drug-likeness (QED) is 0.218. The first-order valence-electron chi connectivity index (χ1n) is 10.3. The van der Waals surface area contributed by atoms with E-state index in [0.717, 1.165) is 15.8 Å². The Morgan fingerprint density at radius 3 is 2.12 bits per heavy atom. The van der Waals surface area contributed by atoms with Crippen LogP contribution < -0.4 is 10.9 Å². The summed E-state index contributed by atoms with van der Waals surface area (Å²) < 4.78 is 5.79. The van der Waals surface area contributed by atoms with Crippen LogP contribution in [0.4, 0.5) is 0 Å². The van der Waals surface area contributed by atoms with Crippen molar-refractivity contribution in [3.8, 4) is 0 Å². The number of amides is 4. The average molecular weight is 650 g/mol. The Bertz CT molecular complexity index is 987. The molecule has 1 saturated heterocycles. The molecule has 0 unspecified atom stereocenters. The zero-order valence-electron chi connectivity index (χ0n) is 17.3. The summed E-state index contributed by atoms with van der Waals surface area (Å²) >= 11 is 10.5. The van der Waals surface area contributed by atoms with Crippen LogP contribution in [0.15, 0.2) is 28.7 Å². The molecule has 1 aliphatic heterocycles. The molecule has 2 aliphatic carbocycles. The van der Waals surface area contributed by atoms with Crippen molar-refractivity contribution in [3.63, 3.8) is 0 Å². The molecule has 3 fully saturated rings. The Kier molecular flexibility index (Phi) is 6.97. The molecule has 1 heterocycles. The first-order valence-corrected chi connectivity index (χ1v) is 12.9. The van der Waals surface area contributed by atoms with Crippen molar-refractivity contribution >= 4 is 77.4 Å². The lowest BCUT2D eigenvalue weighted by atomic mass is 9.81. The molecule has 0 aromatic heterocycles. The summed E-state index contributed by atoms with van der Waals surface area (Å²) in [5.41, 5.74) is 4.70. The van der Waals surface area contributed by atoms with Crippen molar-refractivity contribution in [2.45, 2.75) is 29.0 Å². The molecule has 0 radical (unpaired) electrons. The zero-order chi connectivity index (χ0) is 24.0. The molecule has 0 spiro atoms. The van der Waals surface area contributed by atoms with Gasteiger partial charge in [-0.25, -0.2) is 4.79 Å². The summed E-state index contributed by atoms with van der Waals surface area (Å²) in [6, 6.07) is 5.33. The summed E-state index contributed by atoms with van der Waals surface area (Å²) in [6.07, 6.45) is 0.789. The van der Waals surface area contributed by atoms with Gasteiger partial charge in [0.05, 0.1) is 11.8 Å². The number of nitrogens with zero attached hydrogens (tertiary/aromatic N) is 1. The minimum Gasteiger partial charge on any atom is -0.454 e. The number of carbonyl (C=O) groups is 5. The molecule has 1 aromatic carbocycles. The fraction of sp³-hybridized carbons (Fsp3) is 0.476. The summed E-state index contributed by atoms with van der Waals surface area (Å²) in [7, 11) is 0. The lowest BCUT2D eigenvalue weighted by Gasteiger charge is -2.28. The maximum absolute atomic E-state index is 13.0. The molecule has 2 bridgehead atoms. The summed E-state index contributed by atoms with van der Waals surface area (Å²) in [6.45, 7) is 0.733. The van der Waals surface area contributed by atoms with Crippen LogP contribution in [0.1, 0.15) is 23.7 Å². The van der Waals surface area contributed by atoms with Crippen LogP contribution in [-0.4, -0.2) is 56.8 Å². The first kappa shape index (κ1) is 24.3. The highest BCUT2D eigenvalue weighted by Gasteiger charge is 2.67. The number of hydrogen-bond donors (Lipinski definition) is 2. The summed E-state index contributed by atoms with van der Waals surface area (Å²) in [4.78, 5) is 63.6. The lowest BCUT2D eigenvalue weighted by molar-refractivity contribution is -0.160. The van der Waals surface area contributed by atoms with E-state index in [2.05, 4.69) is 58.6 Å². The number of hydrazine groups is 1. The van der Waals surface area contributed by atoms with Crippen LogP contribution in [0.5, 0.6) is 0 Å². The van der Waals surface area contributed by atoms with Gasteiger partial charge in [0.25, 0.3) is 11.8 Å². The normalized spacial score (nSPS) is 30.7. The van der Waals surface area contributed by atoms with Crippen LogP contribution in [0.25, 0.3) is 0 Å². The molecule has 7 atom stereocenters. The minimum absolute atomic E-state index is 0.0363. The maximum Gasteiger partial charge on any atom is 0.329 e. The number of alkyl halides is 2. The molecule has 9 nitrogen and oxygen atoms in total. The largest absolute Gasteiger partial charge is 0.454 e. The van der Waals surface area contributed by atoms with E-state index in [0.29, 0.717) is 5.56 Å². The van der Waals surface area contributed by atoms with E-state index in [1.807, 2.05) is 0 Å². The van der Waals surface area contributed by atoms with Crippen molar-refractivity contribution in [2.24, 2.45) is 23.7 Å². The van der Waals surface area contributed by atoms with Gasteiger partial charge in [0.2, 0.25) is 11.8 Å². The number of imide groups is 1. The second-order valence-electron chi connectivity index (χ2n) is 8.34. The van der Waals surface area contributed by atoms with Crippen molar-refractivity contribution < 1.29 is 28.7 Å². The van der Waals surface area contributed by atoms with Gasteiger partial charge in [-0.15, -0.1) is 0 Å². The number of hydrogen-bond acceptors (Lipinski definition) is 6. The third-order valence-electron chi connectivity index (χ3n) is 6.52. The van der Waals surface area contributed by atoms with Gasteiger partial charge in [0.1, 0.15) is 6.04 Å². The number of nitrogens with one attached hydrogen (secondary N) is 2. The molecule has 12 heteroatoms. The van der Waals surface area contributed by atoms with Gasteiger partial charge in [-0.1, -0.05) is 47.8 Å². The second kappa shape index (κ2) is 9.46. The number of benzene rings is 1. The monoisotopic (exact) mass is 647 g/mol. The van der Waals surface area contributed by atoms with E-state index in [1.54, 1.807) is 24.3 Å². The zero-order valence-corrected chi connectivity index (χ0v) is 22.1. The molecule has 33 heavy (non-hydrogen) atoms. The average Bonchev–Trinajstić information content (AvgIpc) is 3.40. The van der Waals surface area contributed by atoms with E-state index in [-0.39, 0.29) is 33.3 Å². The third kappa shape index (κ3) is 4.37. The predicted octanol–water partition coefficient (Wildman–Crippen LogP) is 1.92. The van der Waals surface area contributed by atoms with Crippen LogP contribution in [0.3, 0.4) is 0 Å². The number of rotatable bonds is 5. The lowest BCUT2D eigenvalue weighted by Crippen LogP contribution is -2.47. The molecular weight excluding hydrogens is 630 g/mol. The van der Waals surface area contributed by atoms with Gasteiger partial charge >= 0.3 is 5.97 Å². The van der Waals surface area contributed by atoms with Crippen molar-refractivity contribution in [1.29, 1.82) is 0 Å². The van der Waals surface area contributed by atoms with E-state index < -0.39 is 42.3 Å². The molecule has 3 aliphatic rings. The summed E-state index contributed by atoms with van der Waals surface area (Å²) in [5.74, 6) is -3.71. The Morgan fingerprint density at radius 2 is 1.58 bits per heavy atom. The fourth-order valence-electron chi connectivity index (χ4n) is 4.95. The van der Waals surface area contributed by atoms with E-state index in [1.165, 1.54) is 6.92 Å². The fourth-order valence-corrected chi connectivity index (χ4v) is 7.09. The van der Waals surface area contributed by atoms with E-state index in [4.69, 9.17) is 4.74 Å². The van der Waals surface area contributed by atoms with Crippen molar-refractivity contribution in [1.82, 2.24) is 15.8 Å². The molecule has 1 aromatic rings. The van der Waals surface area contributed by atoms with Gasteiger partial charge in [0, 0.05) is 19.7 Å². The van der Waals surface area contributed by atoms with Crippen LogP contribution >= 0.6 is 47.8 Å². The Labute approximate surface area is 214 Å². The Morgan fingerprint density at radius 1 is 1.03 bits per heavy atom. The number of fused-ring (bicyclic) bond motifs is 5. The second-order valence-corrected chi connectivity index (χ2v) is 11.4.